The van der Waals surface area contributed by atoms with Crippen LogP contribution in [-0.2, 0) is 6.42 Å². The first kappa shape index (κ1) is 14.8. The van der Waals surface area contributed by atoms with Crippen LogP contribution in [0.3, 0.4) is 0 Å². The number of hydrazine groups is 1. The maximum absolute atomic E-state index is 6.08. The quantitative estimate of drug-likeness (QED) is 0.522. The zero-order valence-electron chi connectivity index (χ0n) is 11.1. The summed E-state index contributed by atoms with van der Waals surface area (Å²) in [7, 11) is 0. The van der Waals surface area contributed by atoms with Crippen LogP contribution in [0.5, 0.6) is 0 Å². The fraction of sp³-hybridized carbons (Fsp3) is 0.125. The van der Waals surface area contributed by atoms with E-state index in [1.807, 2.05) is 18.2 Å². The van der Waals surface area contributed by atoms with Gasteiger partial charge in [0.05, 0.1) is 16.1 Å². The van der Waals surface area contributed by atoms with Gasteiger partial charge in [-0.1, -0.05) is 47.5 Å². The van der Waals surface area contributed by atoms with Crippen molar-refractivity contribution < 1.29 is 0 Å². The zero-order chi connectivity index (χ0) is 14.8. The molecule has 3 rings (SSSR count). The normalized spacial score (nSPS) is 12.7. The molecule has 0 aliphatic rings. The van der Waals surface area contributed by atoms with Gasteiger partial charge < -0.3 is 0 Å². The van der Waals surface area contributed by atoms with E-state index >= 15 is 0 Å². The first-order valence-corrected chi connectivity index (χ1v) is 8.19. The van der Waals surface area contributed by atoms with Crippen molar-refractivity contribution in [1.29, 1.82) is 0 Å². The number of benzene rings is 2. The van der Waals surface area contributed by atoms with Gasteiger partial charge in [-0.2, -0.15) is 0 Å². The number of halogens is 2. The SMILES string of the molecule is NNC(Cc1ccc(Cl)c(Cl)c1)c1cccc2ccsc12. The van der Waals surface area contributed by atoms with Crippen LogP contribution in [0.25, 0.3) is 10.1 Å². The van der Waals surface area contributed by atoms with Crippen molar-refractivity contribution in [3.8, 4) is 0 Å². The van der Waals surface area contributed by atoms with Crippen LogP contribution in [0.4, 0.5) is 0 Å². The molecule has 1 unspecified atom stereocenters. The molecule has 0 aliphatic carbocycles. The lowest BCUT2D eigenvalue weighted by Gasteiger charge is -2.17. The van der Waals surface area contributed by atoms with Crippen molar-refractivity contribution >= 4 is 44.6 Å². The molecule has 3 aromatic rings. The Morgan fingerprint density at radius 3 is 2.71 bits per heavy atom. The molecule has 1 aromatic heterocycles. The molecule has 3 N–H and O–H groups in total. The van der Waals surface area contributed by atoms with E-state index in [0.29, 0.717) is 10.0 Å². The average molecular weight is 337 g/mol. The van der Waals surface area contributed by atoms with Crippen LogP contribution in [0.2, 0.25) is 10.0 Å². The highest BCUT2D eigenvalue weighted by molar-refractivity contribution is 7.17. The van der Waals surface area contributed by atoms with Gasteiger partial charge in [0, 0.05) is 4.70 Å². The fourth-order valence-corrected chi connectivity index (χ4v) is 3.74. The molecule has 0 spiro atoms. The Kier molecular flexibility index (Phi) is 4.48. The zero-order valence-corrected chi connectivity index (χ0v) is 13.5. The lowest BCUT2D eigenvalue weighted by Crippen LogP contribution is -2.29. The van der Waals surface area contributed by atoms with Gasteiger partial charge in [-0.25, -0.2) is 0 Å². The molecule has 0 saturated heterocycles. The Hall–Kier alpha value is -1.10. The van der Waals surface area contributed by atoms with E-state index in [4.69, 9.17) is 29.0 Å². The Balaban J connectivity index is 1.94. The highest BCUT2D eigenvalue weighted by Gasteiger charge is 2.15. The largest absolute Gasteiger partial charge is 0.271 e. The van der Waals surface area contributed by atoms with Crippen LogP contribution < -0.4 is 11.3 Å². The van der Waals surface area contributed by atoms with Crippen LogP contribution in [0, 0.1) is 0 Å². The van der Waals surface area contributed by atoms with Gasteiger partial charge in [0.25, 0.3) is 0 Å². The van der Waals surface area contributed by atoms with Gasteiger partial charge in [0.2, 0.25) is 0 Å². The molecular weight excluding hydrogens is 323 g/mol. The van der Waals surface area contributed by atoms with Crippen molar-refractivity contribution in [1.82, 2.24) is 5.43 Å². The monoisotopic (exact) mass is 336 g/mol. The summed E-state index contributed by atoms with van der Waals surface area (Å²) in [4.78, 5) is 0. The Morgan fingerprint density at radius 2 is 1.95 bits per heavy atom. The molecule has 2 aromatic carbocycles. The number of thiophene rings is 1. The van der Waals surface area contributed by atoms with Crippen LogP contribution in [-0.4, -0.2) is 0 Å². The minimum absolute atomic E-state index is 0.0320. The Morgan fingerprint density at radius 1 is 1.10 bits per heavy atom. The van der Waals surface area contributed by atoms with Crippen molar-refractivity contribution in [3.63, 3.8) is 0 Å². The number of nitrogens with two attached hydrogens (primary N) is 1. The minimum Gasteiger partial charge on any atom is -0.271 e. The highest BCUT2D eigenvalue weighted by atomic mass is 35.5. The molecule has 2 nitrogen and oxygen atoms in total. The number of fused-ring (bicyclic) bond motifs is 1. The topological polar surface area (TPSA) is 38.0 Å². The second-order valence-electron chi connectivity index (χ2n) is 4.86. The predicted molar refractivity (Wildman–Crippen MR) is 92.1 cm³/mol. The van der Waals surface area contributed by atoms with E-state index in [0.717, 1.165) is 12.0 Å². The lowest BCUT2D eigenvalue weighted by molar-refractivity contribution is 0.556. The van der Waals surface area contributed by atoms with Gasteiger partial charge in [-0.05, 0) is 46.5 Å². The molecule has 1 heterocycles. The number of rotatable bonds is 4. The molecule has 108 valence electrons. The summed E-state index contributed by atoms with van der Waals surface area (Å²) in [6.07, 6.45) is 0.754. The molecule has 21 heavy (non-hydrogen) atoms. The summed E-state index contributed by atoms with van der Waals surface area (Å²) < 4.78 is 1.26. The molecule has 0 bridgehead atoms. The standard InChI is InChI=1S/C16H14Cl2N2S/c17-13-5-4-10(8-14(13)18)9-15(20-19)12-3-1-2-11-6-7-21-16(11)12/h1-8,15,20H,9,19H2. The first-order valence-electron chi connectivity index (χ1n) is 6.55. The van der Waals surface area contributed by atoms with Gasteiger partial charge in [0.15, 0.2) is 0 Å². The molecular formula is C16H14Cl2N2S. The summed E-state index contributed by atoms with van der Waals surface area (Å²) in [6, 6.07) is 14.1. The van der Waals surface area contributed by atoms with Crippen LogP contribution >= 0.6 is 34.5 Å². The third kappa shape index (κ3) is 3.07. The van der Waals surface area contributed by atoms with Gasteiger partial charge in [-0.15, -0.1) is 11.3 Å². The van der Waals surface area contributed by atoms with Gasteiger partial charge >= 0.3 is 0 Å². The summed E-state index contributed by atoms with van der Waals surface area (Å²) in [6.45, 7) is 0. The van der Waals surface area contributed by atoms with Crippen molar-refractivity contribution in [2.24, 2.45) is 5.84 Å². The third-order valence-electron chi connectivity index (χ3n) is 3.51. The summed E-state index contributed by atoms with van der Waals surface area (Å²) >= 11 is 13.8. The Bertz CT molecular complexity index is 770. The summed E-state index contributed by atoms with van der Waals surface area (Å²) in [5.74, 6) is 5.78. The van der Waals surface area contributed by atoms with Crippen molar-refractivity contribution in [3.05, 3.63) is 69.0 Å². The average Bonchev–Trinajstić information content (AvgIpc) is 2.97. The molecule has 0 aliphatic heterocycles. The number of hydrogen-bond acceptors (Lipinski definition) is 3. The lowest BCUT2D eigenvalue weighted by atomic mass is 9.98. The van der Waals surface area contributed by atoms with Gasteiger partial charge in [0.1, 0.15) is 0 Å². The van der Waals surface area contributed by atoms with E-state index in [-0.39, 0.29) is 6.04 Å². The smallest absolute Gasteiger partial charge is 0.0595 e. The molecule has 1 atom stereocenters. The van der Waals surface area contributed by atoms with Gasteiger partial charge in [-0.3, -0.25) is 11.3 Å². The van der Waals surface area contributed by atoms with E-state index in [2.05, 4.69) is 35.1 Å². The maximum atomic E-state index is 6.08. The number of hydrogen-bond donors (Lipinski definition) is 2. The van der Waals surface area contributed by atoms with E-state index in [1.165, 1.54) is 15.6 Å². The fourth-order valence-electron chi connectivity index (χ4n) is 2.45. The molecule has 0 fully saturated rings. The highest BCUT2D eigenvalue weighted by Crippen LogP contribution is 2.31. The predicted octanol–water partition coefficient (Wildman–Crippen LogP) is 4.96. The Labute approximate surface area is 137 Å². The van der Waals surface area contributed by atoms with Crippen LogP contribution in [0.1, 0.15) is 17.2 Å². The van der Waals surface area contributed by atoms with Crippen molar-refractivity contribution in [2.45, 2.75) is 12.5 Å². The summed E-state index contributed by atoms with van der Waals surface area (Å²) in [5.41, 5.74) is 5.22. The number of nitrogens with one attached hydrogen (secondary N) is 1. The third-order valence-corrected chi connectivity index (χ3v) is 5.23. The van der Waals surface area contributed by atoms with Crippen LogP contribution in [0.15, 0.2) is 47.8 Å². The minimum atomic E-state index is 0.0320. The second kappa shape index (κ2) is 6.34. The van der Waals surface area contributed by atoms with E-state index in [9.17, 15) is 0 Å². The molecule has 0 radical (unpaired) electrons. The second-order valence-corrected chi connectivity index (χ2v) is 6.59. The first-order chi connectivity index (χ1) is 10.2. The molecule has 5 heteroatoms. The summed E-state index contributed by atoms with van der Waals surface area (Å²) in [5, 5.41) is 4.48. The van der Waals surface area contributed by atoms with Crippen molar-refractivity contribution in [2.75, 3.05) is 0 Å². The molecule has 0 amide bonds. The molecule has 0 saturated carbocycles. The van der Waals surface area contributed by atoms with E-state index < -0.39 is 0 Å². The maximum Gasteiger partial charge on any atom is 0.0595 e. The van der Waals surface area contributed by atoms with E-state index in [1.54, 1.807) is 11.3 Å².